The van der Waals surface area contributed by atoms with Crippen LogP contribution in [-0.4, -0.2) is 34.4 Å². The average molecular weight is 575 g/mol. The van der Waals surface area contributed by atoms with Crippen molar-refractivity contribution in [1.29, 1.82) is 0 Å². The highest BCUT2D eigenvalue weighted by Crippen LogP contribution is 2.37. The molecule has 0 radical (unpaired) electrons. The van der Waals surface area contributed by atoms with E-state index in [0.717, 1.165) is 57.2 Å². The van der Waals surface area contributed by atoms with Crippen LogP contribution in [0.1, 0.15) is 71.0 Å². The minimum absolute atomic E-state index is 0.0731. The van der Waals surface area contributed by atoms with Crippen molar-refractivity contribution < 1.29 is 24.0 Å². The molecule has 0 amide bonds. The molecule has 218 valence electrons. The molecule has 4 aromatic carbocycles. The quantitative estimate of drug-likeness (QED) is 0.0556. The molecule has 7 nitrogen and oxygen atoms in total. The second-order valence-electron chi connectivity index (χ2n) is 10.6. The summed E-state index contributed by atoms with van der Waals surface area (Å²) in [6.07, 6.45) is 2.03. The molecule has 0 aliphatic carbocycles. The lowest BCUT2D eigenvalue weighted by Gasteiger charge is -2.14. The Morgan fingerprint density at radius 3 is 2.26 bits per heavy atom. The number of hydrogen-bond acceptors (Lipinski definition) is 6. The molecule has 5 aromatic rings. The van der Waals surface area contributed by atoms with Crippen molar-refractivity contribution in [3.63, 3.8) is 0 Å². The van der Waals surface area contributed by atoms with Gasteiger partial charge in [0.25, 0.3) is 0 Å². The molecule has 0 N–H and O–H groups in total. The third-order valence-corrected chi connectivity index (χ3v) is 7.64. The molecule has 0 spiro atoms. The van der Waals surface area contributed by atoms with Gasteiger partial charge < -0.3 is 14.1 Å². The van der Waals surface area contributed by atoms with E-state index in [9.17, 15) is 14.4 Å². The number of benzene rings is 4. The van der Waals surface area contributed by atoms with Gasteiger partial charge in [0.2, 0.25) is 5.78 Å². The molecule has 0 saturated carbocycles. The van der Waals surface area contributed by atoms with Crippen LogP contribution < -0.4 is 4.74 Å². The number of para-hydroxylation sites is 1. The number of hydrogen-bond donors (Lipinski definition) is 0. The summed E-state index contributed by atoms with van der Waals surface area (Å²) in [6, 6.07) is 24.4. The molecule has 1 aromatic heterocycles. The molecule has 1 heterocycles. The van der Waals surface area contributed by atoms with Crippen LogP contribution >= 0.6 is 0 Å². The predicted octanol–water partition coefficient (Wildman–Crippen LogP) is 7.93. The largest absolute Gasteiger partial charge is 0.494 e. The van der Waals surface area contributed by atoms with Crippen LogP contribution in [0.15, 0.2) is 84.0 Å². The number of aryl methyl sites for hydroxylation is 2. The number of ether oxygens (including phenoxy) is 1. The van der Waals surface area contributed by atoms with Gasteiger partial charge in [-0.25, -0.2) is 4.79 Å². The number of ketones is 2. The van der Waals surface area contributed by atoms with Crippen LogP contribution in [0.2, 0.25) is 0 Å². The normalized spacial score (nSPS) is 11.6. The molecule has 0 saturated heterocycles. The van der Waals surface area contributed by atoms with E-state index in [2.05, 4.69) is 47.5 Å². The summed E-state index contributed by atoms with van der Waals surface area (Å²) >= 11 is 0. The van der Waals surface area contributed by atoms with Gasteiger partial charge in [-0.2, -0.15) is 0 Å². The Bertz CT molecular complexity index is 1900. The number of aromatic nitrogens is 1. The first-order chi connectivity index (χ1) is 20.7. The van der Waals surface area contributed by atoms with Crippen LogP contribution in [0.4, 0.5) is 0 Å². The highest BCUT2D eigenvalue weighted by atomic mass is 16.7. The minimum Gasteiger partial charge on any atom is -0.494 e. The maximum Gasteiger partial charge on any atom is 0.331 e. The minimum atomic E-state index is -0.596. The van der Waals surface area contributed by atoms with Crippen molar-refractivity contribution in [3.05, 3.63) is 107 Å². The zero-order valence-corrected chi connectivity index (χ0v) is 25.1. The number of Topliss-reactive ketones (excluding diaryl/α,β-unsaturated/α-hetero) is 1. The number of fused-ring (bicyclic) bond motifs is 3. The Labute approximate surface area is 250 Å². The number of carbonyl (C=O) groups excluding carboxylic acids is 3. The summed E-state index contributed by atoms with van der Waals surface area (Å²) in [5, 5.41) is 5.55. The molecule has 0 bridgehead atoms. The van der Waals surface area contributed by atoms with E-state index >= 15 is 0 Å². The standard InChI is InChI=1S/C36H34N2O5/c1-6-7-20-42-28-16-13-26(14-17-28)36(41)29-10-8-9-11-31(29)38-32-19-15-27(35(40)24(4)37-43-25(5)39)21-30(32)34-23(3)22(2)12-18-33(34)38/h8-19,21H,6-7,20H2,1-5H3. The van der Waals surface area contributed by atoms with Crippen LogP contribution in [-0.2, 0) is 9.63 Å². The van der Waals surface area contributed by atoms with Gasteiger partial charge in [0.15, 0.2) is 5.78 Å². The molecule has 0 aliphatic heterocycles. The van der Waals surface area contributed by atoms with Crippen LogP contribution in [0.5, 0.6) is 5.75 Å². The molecule has 0 atom stereocenters. The summed E-state index contributed by atoms with van der Waals surface area (Å²) in [7, 11) is 0. The van der Waals surface area contributed by atoms with Crippen LogP contribution in [0.3, 0.4) is 0 Å². The first-order valence-corrected chi connectivity index (χ1v) is 14.4. The highest BCUT2D eigenvalue weighted by molar-refractivity contribution is 6.45. The van der Waals surface area contributed by atoms with Crippen LogP contribution in [0.25, 0.3) is 27.5 Å². The maximum atomic E-state index is 13.9. The third kappa shape index (κ3) is 5.84. The Hall–Kier alpha value is -5.04. The smallest absolute Gasteiger partial charge is 0.331 e. The third-order valence-electron chi connectivity index (χ3n) is 7.64. The molecule has 0 aliphatic rings. The lowest BCUT2D eigenvalue weighted by molar-refractivity contribution is -0.140. The van der Waals surface area contributed by atoms with Crippen LogP contribution in [0, 0.1) is 13.8 Å². The summed E-state index contributed by atoms with van der Waals surface area (Å²) in [5.74, 6) is -0.294. The van der Waals surface area contributed by atoms with Gasteiger partial charge in [-0.05, 0) is 99.0 Å². The van der Waals surface area contributed by atoms with Crippen molar-refractivity contribution in [1.82, 2.24) is 4.57 Å². The number of oxime groups is 1. The second kappa shape index (κ2) is 12.4. The van der Waals surface area contributed by atoms with E-state index in [1.54, 1.807) is 18.2 Å². The molecule has 0 unspecified atom stereocenters. The molecule has 5 rings (SSSR count). The van der Waals surface area contributed by atoms with Gasteiger partial charge in [0, 0.05) is 34.4 Å². The topological polar surface area (TPSA) is 87.0 Å². The zero-order valence-electron chi connectivity index (χ0n) is 25.1. The van der Waals surface area contributed by atoms with E-state index < -0.39 is 5.97 Å². The van der Waals surface area contributed by atoms with E-state index in [0.29, 0.717) is 23.3 Å². The van der Waals surface area contributed by atoms with Gasteiger partial charge in [0.05, 0.1) is 23.3 Å². The zero-order chi connectivity index (χ0) is 30.7. The summed E-state index contributed by atoms with van der Waals surface area (Å²) in [5.41, 5.74) is 6.34. The van der Waals surface area contributed by atoms with Gasteiger partial charge in [0.1, 0.15) is 11.5 Å². The molecular weight excluding hydrogens is 540 g/mol. The van der Waals surface area contributed by atoms with E-state index in [-0.39, 0.29) is 17.3 Å². The lowest BCUT2D eigenvalue weighted by Crippen LogP contribution is -2.12. The Balaban J connectivity index is 1.64. The SMILES string of the molecule is CCCCOc1ccc(C(=O)c2ccccc2-n2c3ccc(C(=O)C(C)=NOC(C)=O)cc3c3c(C)c(C)ccc32)cc1. The Morgan fingerprint density at radius 2 is 1.53 bits per heavy atom. The number of rotatable bonds is 10. The van der Waals surface area contributed by atoms with E-state index in [4.69, 9.17) is 4.74 Å². The Kier molecular flexibility index (Phi) is 8.53. The van der Waals surface area contributed by atoms with Gasteiger partial charge in [-0.15, -0.1) is 0 Å². The fourth-order valence-corrected chi connectivity index (χ4v) is 5.23. The number of carbonyl (C=O) groups is 3. The molecular formula is C36H34N2O5. The molecule has 43 heavy (non-hydrogen) atoms. The van der Waals surface area contributed by atoms with Crippen molar-refractivity contribution in [2.24, 2.45) is 5.16 Å². The highest BCUT2D eigenvalue weighted by Gasteiger charge is 2.22. The fraction of sp³-hybridized carbons (Fsp3) is 0.222. The monoisotopic (exact) mass is 574 g/mol. The number of nitrogens with zero attached hydrogens (tertiary/aromatic N) is 2. The second-order valence-corrected chi connectivity index (χ2v) is 10.6. The fourth-order valence-electron chi connectivity index (χ4n) is 5.23. The van der Waals surface area contributed by atoms with Gasteiger partial charge in [-0.1, -0.05) is 36.7 Å². The summed E-state index contributed by atoms with van der Waals surface area (Å²) in [6.45, 7) is 9.62. The van der Waals surface area contributed by atoms with E-state index in [1.165, 1.54) is 13.8 Å². The predicted molar refractivity (Wildman–Crippen MR) is 170 cm³/mol. The summed E-state index contributed by atoms with van der Waals surface area (Å²) < 4.78 is 7.87. The molecule has 0 fully saturated rings. The van der Waals surface area contributed by atoms with E-state index in [1.807, 2.05) is 48.5 Å². The van der Waals surface area contributed by atoms with Gasteiger partial charge >= 0.3 is 5.97 Å². The van der Waals surface area contributed by atoms with Crippen molar-refractivity contribution in [2.45, 2.75) is 47.5 Å². The maximum absolute atomic E-state index is 13.9. The first-order valence-electron chi connectivity index (χ1n) is 14.4. The first kappa shape index (κ1) is 29.5. The molecule has 7 heteroatoms. The Morgan fingerprint density at radius 1 is 0.837 bits per heavy atom. The van der Waals surface area contributed by atoms with Crippen molar-refractivity contribution in [3.8, 4) is 11.4 Å². The van der Waals surface area contributed by atoms with Gasteiger partial charge in [-0.3, -0.25) is 9.59 Å². The average Bonchev–Trinajstić information content (AvgIpc) is 3.35. The van der Waals surface area contributed by atoms with Crippen molar-refractivity contribution in [2.75, 3.05) is 6.61 Å². The summed E-state index contributed by atoms with van der Waals surface area (Å²) in [4.78, 5) is 43.0. The number of unbranched alkanes of at least 4 members (excludes halogenated alkanes) is 1. The lowest BCUT2D eigenvalue weighted by atomic mass is 10.00. The van der Waals surface area contributed by atoms with Crippen molar-refractivity contribution >= 4 is 45.1 Å².